The van der Waals surface area contributed by atoms with E-state index in [1.54, 1.807) is 0 Å². The summed E-state index contributed by atoms with van der Waals surface area (Å²) < 4.78 is 0. The largest absolute Gasteiger partial charge is 0.327 e. The molecule has 1 aliphatic carbocycles. The molecule has 1 aliphatic rings. The first-order chi connectivity index (χ1) is 6.84. The van der Waals surface area contributed by atoms with E-state index in [-0.39, 0.29) is 10.8 Å². The predicted molar refractivity (Wildman–Crippen MR) is 65.1 cm³/mol. The standard InChI is InChI=1S/C14H21N/c1-13(2,3)10-5-7-11(8-6-10)14(4)9-12(14)15/h5-8,12H,9,15H2,1-4H3. The van der Waals surface area contributed by atoms with E-state index in [0.717, 1.165) is 6.42 Å². The van der Waals surface area contributed by atoms with Gasteiger partial charge in [-0.05, 0) is 23.0 Å². The first-order valence-electron chi connectivity index (χ1n) is 5.71. The van der Waals surface area contributed by atoms with Crippen LogP contribution < -0.4 is 5.73 Å². The quantitative estimate of drug-likeness (QED) is 0.746. The van der Waals surface area contributed by atoms with Crippen molar-refractivity contribution in [3.63, 3.8) is 0 Å². The zero-order valence-corrected chi connectivity index (χ0v) is 10.2. The van der Waals surface area contributed by atoms with Crippen LogP contribution in [-0.2, 0) is 10.8 Å². The van der Waals surface area contributed by atoms with Crippen molar-refractivity contribution in [2.24, 2.45) is 5.73 Å². The second kappa shape index (κ2) is 3.08. The van der Waals surface area contributed by atoms with Crippen LogP contribution in [0.2, 0.25) is 0 Å². The number of hydrogen-bond donors (Lipinski definition) is 1. The molecule has 0 aliphatic heterocycles. The smallest absolute Gasteiger partial charge is 0.0143 e. The Hall–Kier alpha value is -0.820. The summed E-state index contributed by atoms with van der Waals surface area (Å²) in [5, 5.41) is 0. The average Bonchev–Trinajstić information content (AvgIpc) is 2.75. The molecule has 1 fully saturated rings. The Balaban J connectivity index is 2.26. The average molecular weight is 203 g/mol. The van der Waals surface area contributed by atoms with Gasteiger partial charge < -0.3 is 5.73 Å². The molecule has 1 aromatic rings. The SMILES string of the molecule is CC(C)(C)c1ccc(C2(C)CC2N)cc1. The summed E-state index contributed by atoms with van der Waals surface area (Å²) in [6, 6.07) is 9.33. The second-order valence-electron chi connectivity index (χ2n) is 6.06. The molecule has 2 rings (SSSR count). The summed E-state index contributed by atoms with van der Waals surface area (Å²) in [5.41, 5.74) is 9.23. The third-order valence-electron chi connectivity index (χ3n) is 3.71. The Bertz CT molecular complexity index is 358. The normalized spacial score (nSPS) is 30.3. The maximum absolute atomic E-state index is 5.96. The number of nitrogens with two attached hydrogens (primary N) is 1. The fourth-order valence-corrected chi connectivity index (χ4v) is 2.08. The molecule has 15 heavy (non-hydrogen) atoms. The van der Waals surface area contributed by atoms with Crippen LogP contribution in [0.25, 0.3) is 0 Å². The molecule has 2 atom stereocenters. The van der Waals surface area contributed by atoms with Gasteiger partial charge in [-0.2, -0.15) is 0 Å². The van der Waals surface area contributed by atoms with Crippen molar-refractivity contribution in [2.45, 2.75) is 51.0 Å². The Morgan fingerprint density at radius 2 is 1.67 bits per heavy atom. The zero-order valence-electron chi connectivity index (χ0n) is 10.2. The summed E-state index contributed by atoms with van der Waals surface area (Å²) >= 11 is 0. The first-order valence-corrected chi connectivity index (χ1v) is 5.71. The van der Waals surface area contributed by atoms with Crippen molar-refractivity contribution in [2.75, 3.05) is 0 Å². The Kier molecular flexibility index (Phi) is 2.20. The van der Waals surface area contributed by atoms with Gasteiger partial charge in [-0.1, -0.05) is 52.0 Å². The zero-order chi connectivity index (χ0) is 11.3. The molecule has 1 aromatic carbocycles. The van der Waals surface area contributed by atoms with Crippen molar-refractivity contribution in [3.8, 4) is 0 Å². The maximum atomic E-state index is 5.96. The summed E-state index contributed by atoms with van der Waals surface area (Å²) in [7, 11) is 0. The molecule has 0 amide bonds. The highest BCUT2D eigenvalue weighted by molar-refractivity contribution is 5.37. The van der Waals surface area contributed by atoms with Gasteiger partial charge in [0.2, 0.25) is 0 Å². The van der Waals surface area contributed by atoms with Gasteiger partial charge >= 0.3 is 0 Å². The lowest BCUT2D eigenvalue weighted by atomic mass is 9.85. The minimum Gasteiger partial charge on any atom is -0.327 e. The van der Waals surface area contributed by atoms with E-state index >= 15 is 0 Å². The number of rotatable bonds is 1. The topological polar surface area (TPSA) is 26.0 Å². The molecular formula is C14H21N. The van der Waals surface area contributed by atoms with Crippen LogP contribution in [0.5, 0.6) is 0 Å². The fraction of sp³-hybridized carbons (Fsp3) is 0.571. The third-order valence-corrected chi connectivity index (χ3v) is 3.71. The lowest BCUT2D eigenvalue weighted by molar-refractivity contribution is 0.589. The maximum Gasteiger partial charge on any atom is 0.0143 e. The van der Waals surface area contributed by atoms with Crippen LogP contribution in [0.1, 0.15) is 45.2 Å². The van der Waals surface area contributed by atoms with Crippen LogP contribution in [-0.4, -0.2) is 6.04 Å². The molecule has 82 valence electrons. The van der Waals surface area contributed by atoms with E-state index in [1.165, 1.54) is 11.1 Å². The first kappa shape index (κ1) is 10.7. The summed E-state index contributed by atoms with van der Waals surface area (Å²) in [6.45, 7) is 8.98. The molecule has 0 aromatic heterocycles. The summed E-state index contributed by atoms with van der Waals surface area (Å²) in [4.78, 5) is 0. The van der Waals surface area contributed by atoms with Gasteiger partial charge in [-0.3, -0.25) is 0 Å². The molecule has 2 N–H and O–H groups in total. The number of benzene rings is 1. The van der Waals surface area contributed by atoms with Crippen molar-refractivity contribution >= 4 is 0 Å². The molecule has 0 spiro atoms. The van der Waals surface area contributed by atoms with E-state index in [2.05, 4.69) is 52.0 Å². The minimum atomic E-state index is 0.241. The molecular weight excluding hydrogens is 182 g/mol. The molecule has 0 bridgehead atoms. The van der Waals surface area contributed by atoms with Crippen molar-refractivity contribution in [1.29, 1.82) is 0 Å². The fourth-order valence-electron chi connectivity index (χ4n) is 2.08. The molecule has 0 saturated heterocycles. The van der Waals surface area contributed by atoms with E-state index in [0.29, 0.717) is 6.04 Å². The highest BCUT2D eigenvalue weighted by atomic mass is 14.8. The van der Waals surface area contributed by atoms with Crippen LogP contribution in [0, 0.1) is 0 Å². The van der Waals surface area contributed by atoms with E-state index in [4.69, 9.17) is 5.73 Å². The van der Waals surface area contributed by atoms with E-state index < -0.39 is 0 Å². The van der Waals surface area contributed by atoms with Gasteiger partial charge in [0.1, 0.15) is 0 Å². The van der Waals surface area contributed by atoms with Crippen LogP contribution in [0.4, 0.5) is 0 Å². The Morgan fingerprint density at radius 3 is 2.00 bits per heavy atom. The molecule has 1 heteroatoms. The summed E-state index contributed by atoms with van der Waals surface area (Å²) in [5.74, 6) is 0. The highest BCUT2D eigenvalue weighted by Gasteiger charge is 2.48. The highest BCUT2D eigenvalue weighted by Crippen LogP contribution is 2.46. The lowest BCUT2D eigenvalue weighted by Gasteiger charge is -2.20. The molecule has 0 radical (unpaired) electrons. The number of hydrogen-bond acceptors (Lipinski definition) is 1. The third kappa shape index (κ3) is 1.81. The van der Waals surface area contributed by atoms with Gasteiger partial charge in [-0.15, -0.1) is 0 Å². The molecule has 1 saturated carbocycles. The van der Waals surface area contributed by atoms with Crippen molar-refractivity contribution in [3.05, 3.63) is 35.4 Å². The minimum absolute atomic E-state index is 0.241. The van der Waals surface area contributed by atoms with Gasteiger partial charge in [0.25, 0.3) is 0 Å². The monoisotopic (exact) mass is 203 g/mol. The summed E-state index contributed by atoms with van der Waals surface area (Å²) in [6.07, 6.45) is 1.13. The van der Waals surface area contributed by atoms with Gasteiger partial charge in [0.05, 0.1) is 0 Å². The van der Waals surface area contributed by atoms with Crippen LogP contribution >= 0.6 is 0 Å². The Labute approximate surface area is 92.7 Å². The van der Waals surface area contributed by atoms with Gasteiger partial charge in [0, 0.05) is 11.5 Å². The van der Waals surface area contributed by atoms with Crippen LogP contribution in [0.15, 0.2) is 24.3 Å². The van der Waals surface area contributed by atoms with Crippen molar-refractivity contribution in [1.82, 2.24) is 0 Å². The molecule has 0 heterocycles. The van der Waals surface area contributed by atoms with Gasteiger partial charge in [-0.25, -0.2) is 0 Å². The molecule has 1 nitrogen and oxygen atoms in total. The van der Waals surface area contributed by atoms with E-state index in [1.807, 2.05) is 0 Å². The Morgan fingerprint density at radius 1 is 1.20 bits per heavy atom. The second-order valence-corrected chi connectivity index (χ2v) is 6.06. The molecule has 2 unspecified atom stereocenters. The van der Waals surface area contributed by atoms with Crippen LogP contribution in [0.3, 0.4) is 0 Å². The van der Waals surface area contributed by atoms with Crippen molar-refractivity contribution < 1.29 is 0 Å². The van der Waals surface area contributed by atoms with E-state index in [9.17, 15) is 0 Å². The predicted octanol–water partition coefficient (Wildman–Crippen LogP) is 2.97. The lowest BCUT2D eigenvalue weighted by Crippen LogP contribution is -2.15. The van der Waals surface area contributed by atoms with Gasteiger partial charge in [0.15, 0.2) is 0 Å².